The molecule has 1 aliphatic rings. The van der Waals surface area contributed by atoms with Gasteiger partial charge >= 0.3 is 0 Å². The Balaban J connectivity index is 1.47. The largest absolute Gasteiger partial charge is 0.355 e. The molecule has 4 heteroatoms. The van der Waals surface area contributed by atoms with Crippen molar-refractivity contribution in [1.29, 1.82) is 0 Å². The van der Waals surface area contributed by atoms with Crippen LogP contribution in [0.5, 0.6) is 0 Å². The van der Waals surface area contributed by atoms with Gasteiger partial charge in [0.05, 0.1) is 6.54 Å². The quantitative estimate of drug-likeness (QED) is 0.806. The molecule has 0 radical (unpaired) electrons. The van der Waals surface area contributed by atoms with Gasteiger partial charge in [0.25, 0.3) is 0 Å². The van der Waals surface area contributed by atoms with E-state index in [1.807, 2.05) is 30.3 Å². The van der Waals surface area contributed by atoms with Gasteiger partial charge in [-0.1, -0.05) is 54.1 Å². The molecule has 0 spiro atoms. The first-order valence-electron chi connectivity index (χ1n) is 8.50. The third kappa shape index (κ3) is 4.16. The van der Waals surface area contributed by atoms with Crippen molar-refractivity contribution in [3.8, 4) is 0 Å². The predicted octanol–water partition coefficient (Wildman–Crippen LogP) is 3.67. The van der Waals surface area contributed by atoms with E-state index in [2.05, 4.69) is 34.9 Å². The van der Waals surface area contributed by atoms with Crippen LogP contribution in [0.4, 0.5) is 0 Å². The molecule has 126 valence electrons. The summed E-state index contributed by atoms with van der Waals surface area (Å²) in [4.78, 5) is 12.1. The summed E-state index contributed by atoms with van der Waals surface area (Å²) in [6, 6.07) is 18.1. The maximum Gasteiger partial charge on any atom is 0.233 e. The fourth-order valence-electron chi connectivity index (χ4n) is 3.17. The molecule has 2 aromatic carbocycles. The van der Waals surface area contributed by atoms with Gasteiger partial charge < -0.3 is 5.32 Å². The second kappa shape index (κ2) is 7.82. The number of carbonyl (C=O) groups excluding carboxylic acids is 1. The molecule has 3 nitrogen and oxygen atoms in total. The lowest BCUT2D eigenvalue weighted by molar-refractivity contribution is -0.120. The van der Waals surface area contributed by atoms with Crippen molar-refractivity contribution < 1.29 is 4.79 Å². The topological polar surface area (TPSA) is 41.1 Å². The Bertz CT molecular complexity index is 666. The van der Waals surface area contributed by atoms with Gasteiger partial charge in [-0.25, -0.2) is 0 Å². The number of hydrogen-bond donors (Lipinski definition) is 2. The van der Waals surface area contributed by atoms with Crippen molar-refractivity contribution in [1.82, 2.24) is 10.6 Å². The minimum atomic E-state index is -0.0681. The van der Waals surface area contributed by atoms with Gasteiger partial charge in [0.2, 0.25) is 5.91 Å². The first-order chi connectivity index (χ1) is 11.7. The van der Waals surface area contributed by atoms with Gasteiger partial charge in [-0.05, 0) is 48.9 Å². The molecule has 0 saturated heterocycles. The van der Waals surface area contributed by atoms with E-state index in [9.17, 15) is 4.79 Å². The minimum absolute atomic E-state index is 0.0474. The van der Waals surface area contributed by atoms with E-state index in [4.69, 9.17) is 11.6 Å². The Hall–Kier alpha value is -1.84. The first kappa shape index (κ1) is 17.0. The van der Waals surface area contributed by atoms with Gasteiger partial charge in [0.15, 0.2) is 0 Å². The van der Waals surface area contributed by atoms with Gasteiger partial charge in [-0.2, -0.15) is 0 Å². The molecule has 0 aromatic heterocycles. The summed E-state index contributed by atoms with van der Waals surface area (Å²) in [5.74, 6) is 0.0474. The number of halogens is 1. The van der Waals surface area contributed by atoms with Gasteiger partial charge in [-0.15, -0.1) is 0 Å². The van der Waals surface area contributed by atoms with Crippen molar-refractivity contribution in [3.05, 3.63) is 70.7 Å². The highest BCUT2D eigenvalue weighted by Gasteiger charge is 2.38. The molecule has 1 amide bonds. The highest BCUT2D eigenvalue weighted by Crippen LogP contribution is 2.41. The summed E-state index contributed by atoms with van der Waals surface area (Å²) in [7, 11) is 0. The lowest BCUT2D eigenvalue weighted by Crippen LogP contribution is -2.51. The first-order valence-corrected chi connectivity index (χ1v) is 8.87. The van der Waals surface area contributed by atoms with Crippen LogP contribution in [0, 0.1) is 0 Å². The molecule has 0 aliphatic heterocycles. The molecular weight excluding hydrogens is 320 g/mol. The SMILES string of the molecule is O=C(CNC1(c2ccc(Cl)cc2)CCC1)NCCc1ccccc1. The van der Waals surface area contributed by atoms with Crippen molar-refractivity contribution in [3.63, 3.8) is 0 Å². The van der Waals surface area contributed by atoms with E-state index >= 15 is 0 Å². The molecule has 1 aliphatic carbocycles. The maximum absolute atomic E-state index is 12.1. The highest BCUT2D eigenvalue weighted by atomic mass is 35.5. The average Bonchev–Trinajstić information content (AvgIpc) is 2.56. The molecule has 1 fully saturated rings. The molecule has 24 heavy (non-hydrogen) atoms. The van der Waals surface area contributed by atoms with E-state index in [0.29, 0.717) is 13.1 Å². The molecule has 1 saturated carbocycles. The molecular formula is C20H23ClN2O. The van der Waals surface area contributed by atoms with Crippen LogP contribution in [-0.4, -0.2) is 19.0 Å². The third-order valence-electron chi connectivity index (χ3n) is 4.77. The average molecular weight is 343 g/mol. The Morgan fingerprint density at radius 1 is 1.04 bits per heavy atom. The number of amides is 1. The van der Waals surface area contributed by atoms with E-state index in [0.717, 1.165) is 24.3 Å². The summed E-state index contributed by atoms with van der Waals surface area (Å²) >= 11 is 5.97. The molecule has 0 heterocycles. The third-order valence-corrected chi connectivity index (χ3v) is 5.02. The van der Waals surface area contributed by atoms with Crippen molar-refractivity contribution in [2.24, 2.45) is 0 Å². The number of nitrogens with one attached hydrogen (secondary N) is 2. The predicted molar refractivity (Wildman–Crippen MR) is 98.1 cm³/mol. The molecule has 0 unspecified atom stereocenters. The lowest BCUT2D eigenvalue weighted by atomic mass is 9.72. The maximum atomic E-state index is 12.1. The van der Waals surface area contributed by atoms with Crippen molar-refractivity contribution in [2.45, 2.75) is 31.2 Å². The number of carbonyl (C=O) groups is 1. The van der Waals surface area contributed by atoms with E-state index in [1.54, 1.807) is 0 Å². The van der Waals surface area contributed by atoms with Gasteiger partial charge in [0, 0.05) is 17.1 Å². The number of hydrogen-bond acceptors (Lipinski definition) is 2. The summed E-state index contributed by atoms with van der Waals surface area (Å²) in [5.41, 5.74) is 2.39. The van der Waals surface area contributed by atoms with Crippen molar-refractivity contribution in [2.75, 3.05) is 13.1 Å². The monoisotopic (exact) mass is 342 g/mol. The van der Waals surface area contributed by atoms with Gasteiger partial charge in [0.1, 0.15) is 0 Å². The standard InChI is InChI=1S/C20H23ClN2O/c21-18-9-7-17(8-10-18)20(12-4-13-20)23-15-19(24)22-14-11-16-5-2-1-3-6-16/h1-3,5-10,23H,4,11-15H2,(H,22,24). The lowest BCUT2D eigenvalue weighted by Gasteiger charge is -2.43. The fourth-order valence-corrected chi connectivity index (χ4v) is 3.30. The van der Waals surface area contributed by atoms with Crippen LogP contribution in [0.3, 0.4) is 0 Å². The van der Waals surface area contributed by atoms with Gasteiger partial charge in [-0.3, -0.25) is 10.1 Å². The molecule has 3 rings (SSSR count). The Labute approximate surface area is 148 Å². The summed E-state index contributed by atoms with van der Waals surface area (Å²) in [5, 5.41) is 7.19. The Morgan fingerprint density at radius 2 is 1.75 bits per heavy atom. The minimum Gasteiger partial charge on any atom is -0.355 e. The van der Waals surface area contributed by atoms with Crippen LogP contribution < -0.4 is 10.6 Å². The second-order valence-corrected chi connectivity index (χ2v) is 6.82. The van der Waals surface area contributed by atoms with E-state index < -0.39 is 0 Å². The summed E-state index contributed by atoms with van der Waals surface area (Å²) in [6.07, 6.45) is 4.16. The van der Waals surface area contributed by atoms with Crippen LogP contribution in [-0.2, 0) is 16.8 Å². The fraction of sp³-hybridized carbons (Fsp3) is 0.350. The molecule has 2 aromatic rings. The zero-order valence-electron chi connectivity index (χ0n) is 13.7. The van der Waals surface area contributed by atoms with Crippen LogP contribution in [0.1, 0.15) is 30.4 Å². The highest BCUT2D eigenvalue weighted by molar-refractivity contribution is 6.30. The Kier molecular flexibility index (Phi) is 5.54. The van der Waals surface area contributed by atoms with Crippen molar-refractivity contribution >= 4 is 17.5 Å². The summed E-state index contributed by atoms with van der Waals surface area (Å²) in [6.45, 7) is 1.01. The number of rotatable bonds is 7. The zero-order chi connectivity index (χ0) is 16.8. The Morgan fingerprint density at radius 3 is 2.38 bits per heavy atom. The number of benzene rings is 2. The normalized spacial score (nSPS) is 15.5. The van der Waals surface area contributed by atoms with E-state index in [1.165, 1.54) is 17.5 Å². The van der Waals surface area contributed by atoms with Crippen LogP contribution in [0.2, 0.25) is 5.02 Å². The van der Waals surface area contributed by atoms with Crippen LogP contribution >= 0.6 is 11.6 Å². The smallest absolute Gasteiger partial charge is 0.233 e. The van der Waals surface area contributed by atoms with Crippen LogP contribution in [0.25, 0.3) is 0 Å². The molecule has 2 N–H and O–H groups in total. The van der Waals surface area contributed by atoms with Crippen LogP contribution in [0.15, 0.2) is 54.6 Å². The second-order valence-electron chi connectivity index (χ2n) is 6.38. The molecule has 0 bridgehead atoms. The zero-order valence-corrected chi connectivity index (χ0v) is 14.5. The van der Waals surface area contributed by atoms with E-state index in [-0.39, 0.29) is 11.4 Å². The molecule has 0 atom stereocenters. The summed E-state index contributed by atoms with van der Waals surface area (Å²) < 4.78 is 0.